The molecule has 0 aliphatic rings. The molecule has 0 radical (unpaired) electrons. The Balaban J connectivity index is -0.0000000154. The van der Waals surface area contributed by atoms with Gasteiger partial charge in [0.05, 0.1) is 0 Å². The van der Waals surface area contributed by atoms with Crippen molar-refractivity contribution in [2.24, 2.45) is 0 Å². The van der Waals surface area contributed by atoms with Crippen molar-refractivity contribution in [3.63, 3.8) is 0 Å². The molecule has 1 nitrogen and oxygen atoms in total. The van der Waals surface area contributed by atoms with Gasteiger partial charge in [0.1, 0.15) is 0 Å². The number of rotatable bonds is 0. The molecular weight excluding hydrogens is 232 g/mol. The van der Waals surface area contributed by atoms with Crippen molar-refractivity contribution >= 4 is 6.29 Å². The summed E-state index contributed by atoms with van der Waals surface area (Å²) in [5, 5.41) is 0. The average Bonchev–Trinajstić information content (AvgIpc) is 2.43. The molecule has 0 atom stereocenters. The topological polar surface area (TPSA) is 17.1 Å². The van der Waals surface area contributed by atoms with E-state index in [4.69, 9.17) is 0 Å². The summed E-state index contributed by atoms with van der Waals surface area (Å²) in [6.07, 6.45) is 0.456. The first-order valence-corrected chi connectivity index (χ1v) is 4.77. The van der Waals surface area contributed by atoms with Crippen LogP contribution in [0.4, 0.5) is 0 Å². The third-order valence-corrected chi connectivity index (χ3v) is 1.07. The third-order valence-electron chi connectivity index (χ3n) is 1.07. The second-order valence-corrected chi connectivity index (χ2v) is 2.26. The molecule has 0 unspecified atom stereocenters. The minimum atomic E-state index is 0. The van der Waals surface area contributed by atoms with Gasteiger partial charge in [-0.1, -0.05) is 5.92 Å². The first-order chi connectivity index (χ1) is 9.41. The van der Waals surface area contributed by atoms with Crippen molar-refractivity contribution < 1.29 is 26.2 Å². The molecule has 0 bridgehead atoms. The molecule has 112 valence electrons. The molecule has 0 amide bonds. The van der Waals surface area contributed by atoms with Crippen LogP contribution in [0.15, 0.2) is 0 Å². The lowest BCUT2D eigenvalue weighted by molar-refractivity contribution is -0.103. The van der Waals surface area contributed by atoms with Gasteiger partial charge in [-0.05, 0) is 95.7 Å². The summed E-state index contributed by atoms with van der Waals surface area (Å²) in [6, 6.07) is 0. The maximum absolute atomic E-state index is 9.80. The van der Waals surface area contributed by atoms with E-state index in [1.54, 1.807) is 6.92 Å². The van der Waals surface area contributed by atoms with Crippen LogP contribution in [0.3, 0.4) is 0 Å². The van der Waals surface area contributed by atoms with Crippen LogP contribution in [0.2, 0.25) is 0 Å². The quantitative estimate of drug-likeness (QED) is 0.480. The average molecular weight is 266 g/mol. The van der Waals surface area contributed by atoms with E-state index in [1.165, 1.54) is 0 Å². The number of carbonyl (C=O) groups is 1. The minimum absolute atomic E-state index is 0. The van der Waals surface area contributed by atoms with Gasteiger partial charge in [0.25, 0.3) is 0 Å². The number of hydrogen-bond acceptors (Lipinski definition) is 1. The molecule has 0 N–H and O–H groups in total. The standard InChI is InChI=1S/C18H4O.15H2/c1-2-3-4-5-6-7-8-9-10-11-12-13-14-15-16-17-18-19;;;;;;;;;;;;;;;/h18H,1H3;15*1H. The molecule has 0 aromatic carbocycles. The molecule has 0 spiro atoms. The highest BCUT2D eigenvalue weighted by Gasteiger charge is 1.58. The molecule has 0 aliphatic heterocycles. The molecule has 0 heterocycles. The summed E-state index contributed by atoms with van der Waals surface area (Å²) in [5.74, 6) is 39.1. The lowest BCUT2D eigenvalue weighted by Gasteiger charge is -1.56. The maximum atomic E-state index is 9.80. The normalized spacial score (nSPS) is 4.05. The van der Waals surface area contributed by atoms with Crippen molar-refractivity contribution in [1.82, 2.24) is 0 Å². The number of carbonyl (C=O) groups excluding carboxylic acids is 1. The van der Waals surface area contributed by atoms with Gasteiger partial charge in [0.2, 0.25) is 0 Å². The Kier molecular flexibility index (Phi) is 11.3. The van der Waals surface area contributed by atoms with Gasteiger partial charge in [-0.3, -0.25) is 4.79 Å². The van der Waals surface area contributed by atoms with Gasteiger partial charge in [-0.25, -0.2) is 0 Å². The number of aldehydes is 1. The molecule has 0 rings (SSSR count). The summed E-state index contributed by atoms with van der Waals surface area (Å²) in [6.45, 7) is 1.69. The van der Waals surface area contributed by atoms with Gasteiger partial charge in [-0.2, -0.15) is 0 Å². The highest BCUT2D eigenvalue weighted by molar-refractivity contribution is 5.73. The highest BCUT2D eigenvalue weighted by Crippen LogP contribution is 1.57. The summed E-state index contributed by atoms with van der Waals surface area (Å²) >= 11 is 0. The Bertz CT molecular complexity index is 858. The fourth-order valence-electron chi connectivity index (χ4n) is 0.503. The third kappa shape index (κ3) is 14.1. The minimum Gasteiger partial charge on any atom is -0.289 e. The van der Waals surface area contributed by atoms with Crippen molar-refractivity contribution in [2.45, 2.75) is 6.92 Å². The van der Waals surface area contributed by atoms with Gasteiger partial charge in [-0.15, -0.1) is 0 Å². The lowest BCUT2D eigenvalue weighted by atomic mass is 10.5. The number of hydrogen-bond donors (Lipinski definition) is 0. The highest BCUT2D eigenvalue weighted by atomic mass is 16.1. The van der Waals surface area contributed by atoms with E-state index in [2.05, 4.69) is 94.7 Å². The molecule has 0 fully saturated rings. The van der Waals surface area contributed by atoms with Crippen LogP contribution >= 0.6 is 0 Å². The van der Waals surface area contributed by atoms with Crippen LogP contribution < -0.4 is 0 Å². The van der Waals surface area contributed by atoms with E-state index in [0.717, 1.165) is 0 Å². The van der Waals surface area contributed by atoms with E-state index >= 15 is 0 Å². The Morgan fingerprint density at radius 1 is 0.579 bits per heavy atom. The Hall–Kier alpha value is -3.85. The van der Waals surface area contributed by atoms with Crippen LogP contribution in [0, 0.1) is 94.7 Å². The van der Waals surface area contributed by atoms with Crippen LogP contribution in [0.5, 0.6) is 0 Å². The fraction of sp³-hybridized carbons (Fsp3) is 0.0556. The Morgan fingerprint density at radius 2 is 0.895 bits per heavy atom. The first-order valence-electron chi connectivity index (χ1n) is 4.77. The monoisotopic (exact) mass is 266 g/mol. The maximum Gasteiger partial charge on any atom is 0.193 e. The molecule has 19 heavy (non-hydrogen) atoms. The summed E-state index contributed by atoms with van der Waals surface area (Å²) < 4.78 is 0. The van der Waals surface area contributed by atoms with E-state index in [0.29, 0.717) is 6.29 Å². The van der Waals surface area contributed by atoms with Gasteiger partial charge < -0.3 is 0 Å². The first kappa shape index (κ1) is 15.1. The predicted octanol–water partition coefficient (Wildman–Crippen LogP) is 3.92. The van der Waals surface area contributed by atoms with E-state index in [-0.39, 0.29) is 21.4 Å². The van der Waals surface area contributed by atoms with Crippen molar-refractivity contribution in [3.8, 4) is 94.7 Å². The van der Waals surface area contributed by atoms with Crippen LogP contribution in [0.25, 0.3) is 0 Å². The van der Waals surface area contributed by atoms with E-state index in [9.17, 15) is 4.79 Å². The molecule has 1 heteroatoms. The van der Waals surface area contributed by atoms with E-state index < -0.39 is 0 Å². The molecule has 0 aromatic heterocycles. The van der Waals surface area contributed by atoms with Crippen molar-refractivity contribution in [2.75, 3.05) is 0 Å². The molecule has 0 aliphatic carbocycles. The smallest absolute Gasteiger partial charge is 0.193 e. The zero-order valence-electron chi connectivity index (χ0n) is 9.99. The van der Waals surface area contributed by atoms with Crippen LogP contribution in [-0.2, 0) is 4.79 Å². The summed E-state index contributed by atoms with van der Waals surface area (Å²) in [4.78, 5) is 9.80. The zero-order valence-corrected chi connectivity index (χ0v) is 9.99. The largest absolute Gasteiger partial charge is 0.289 e. The van der Waals surface area contributed by atoms with Crippen LogP contribution in [0.1, 0.15) is 28.3 Å². The molecule has 0 saturated heterocycles. The molecule has 0 saturated carbocycles. The van der Waals surface area contributed by atoms with Gasteiger partial charge >= 0.3 is 0 Å². The van der Waals surface area contributed by atoms with E-state index in [1.807, 2.05) is 0 Å². The van der Waals surface area contributed by atoms with Gasteiger partial charge in [0.15, 0.2) is 6.29 Å². The summed E-state index contributed by atoms with van der Waals surface area (Å²) in [5.41, 5.74) is 0. The van der Waals surface area contributed by atoms with Crippen molar-refractivity contribution in [1.29, 1.82) is 0 Å². The van der Waals surface area contributed by atoms with Crippen molar-refractivity contribution in [3.05, 3.63) is 0 Å². The Morgan fingerprint density at radius 3 is 1.21 bits per heavy atom. The molecular formula is C18H34O. The predicted molar refractivity (Wildman–Crippen MR) is 106 cm³/mol. The SMILES string of the molecule is CC#CC#CC#CC#CC#CC#CC#CC#CC=O.[HH].[HH].[HH].[HH].[HH].[HH].[HH].[HH].[HH].[HH].[HH].[HH].[HH].[HH].[HH]. The van der Waals surface area contributed by atoms with Gasteiger partial charge in [0, 0.05) is 21.4 Å². The summed E-state index contributed by atoms with van der Waals surface area (Å²) in [7, 11) is 0. The van der Waals surface area contributed by atoms with Crippen LogP contribution in [-0.4, -0.2) is 6.29 Å². The fourth-order valence-corrected chi connectivity index (χ4v) is 0.503. The lowest BCUT2D eigenvalue weighted by Crippen LogP contribution is -1.58. The second-order valence-electron chi connectivity index (χ2n) is 2.26. The molecule has 0 aromatic rings. The zero-order chi connectivity index (χ0) is 14.0. The Labute approximate surface area is 135 Å². The second kappa shape index (κ2) is 14.1.